The summed E-state index contributed by atoms with van der Waals surface area (Å²) in [6.07, 6.45) is 0.267. The lowest BCUT2D eigenvalue weighted by Gasteiger charge is -2.30. The van der Waals surface area contributed by atoms with E-state index in [1.807, 2.05) is 13.8 Å². The van der Waals surface area contributed by atoms with Crippen LogP contribution in [0, 0.1) is 11.7 Å². The van der Waals surface area contributed by atoms with Crippen LogP contribution in [0.3, 0.4) is 0 Å². The van der Waals surface area contributed by atoms with Crippen LogP contribution < -0.4 is 5.73 Å². The summed E-state index contributed by atoms with van der Waals surface area (Å²) >= 11 is 5.85. The van der Waals surface area contributed by atoms with Crippen molar-refractivity contribution in [3.8, 4) is 0 Å². The molecule has 0 aliphatic heterocycles. The molecule has 2 aromatic rings. The molecule has 0 aliphatic carbocycles. The number of nitrogens with zero attached hydrogens (tertiary/aromatic N) is 1. The minimum atomic E-state index is -4.04. The summed E-state index contributed by atoms with van der Waals surface area (Å²) in [5.74, 6) is -1.12. The zero-order valence-electron chi connectivity index (χ0n) is 15.1. The van der Waals surface area contributed by atoms with Crippen molar-refractivity contribution in [1.29, 1.82) is 0 Å². The number of benzene rings is 2. The highest BCUT2D eigenvalue weighted by Crippen LogP contribution is 2.25. The topological polar surface area (TPSA) is 80.5 Å². The Labute approximate surface area is 164 Å². The van der Waals surface area contributed by atoms with Gasteiger partial charge in [0.05, 0.1) is 4.90 Å². The Kier molecular flexibility index (Phi) is 6.97. The van der Waals surface area contributed by atoms with E-state index < -0.39 is 27.8 Å². The largest absolute Gasteiger partial charge is 0.368 e. The first-order valence-electron chi connectivity index (χ1n) is 8.42. The molecule has 0 bridgehead atoms. The molecule has 0 saturated carbocycles. The lowest BCUT2D eigenvalue weighted by molar-refractivity contribution is -0.122. The fourth-order valence-electron chi connectivity index (χ4n) is 2.70. The van der Waals surface area contributed by atoms with Gasteiger partial charge in [0.15, 0.2) is 0 Å². The average Bonchev–Trinajstić information content (AvgIpc) is 2.59. The van der Waals surface area contributed by atoms with E-state index in [4.69, 9.17) is 17.3 Å². The molecule has 0 aliphatic rings. The van der Waals surface area contributed by atoms with Gasteiger partial charge in [0.2, 0.25) is 15.9 Å². The molecule has 0 spiro atoms. The number of sulfonamides is 1. The second-order valence-electron chi connectivity index (χ2n) is 6.68. The molecular weight excluding hydrogens is 391 g/mol. The standard InChI is InChI=1S/C19H22ClFN2O3S/c1-13(2)11-18(19(22)24)23(12-14-3-7-16(21)8-4-14)27(25,26)17-9-5-15(20)6-10-17/h3-10,13,18H,11-12H2,1-2H3,(H2,22,24)/t18-/m1/s1. The van der Waals surface area contributed by atoms with Crippen molar-refractivity contribution in [2.24, 2.45) is 11.7 Å². The van der Waals surface area contributed by atoms with Gasteiger partial charge in [-0.1, -0.05) is 37.6 Å². The fraction of sp³-hybridized carbons (Fsp3) is 0.316. The van der Waals surface area contributed by atoms with Gasteiger partial charge in [0, 0.05) is 11.6 Å². The van der Waals surface area contributed by atoms with E-state index in [0.29, 0.717) is 10.6 Å². The molecule has 0 radical (unpaired) electrons. The SMILES string of the molecule is CC(C)C[C@H](C(N)=O)N(Cc1ccc(F)cc1)S(=O)(=O)c1ccc(Cl)cc1. The number of amides is 1. The van der Waals surface area contributed by atoms with Gasteiger partial charge >= 0.3 is 0 Å². The maximum absolute atomic E-state index is 13.2. The minimum absolute atomic E-state index is 0.00372. The molecule has 0 unspecified atom stereocenters. The van der Waals surface area contributed by atoms with Gasteiger partial charge in [-0.05, 0) is 54.3 Å². The molecule has 2 rings (SSSR count). The van der Waals surface area contributed by atoms with Crippen LogP contribution in [0.25, 0.3) is 0 Å². The number of nitrogens with two attached hydrogens (primary N) is 1. The highest BCUT2D eigenvalue weighted by molar-refractivity contribution is 7.89. The Hall–Kier alpha value is -1.96. The maximum Gasteiger partial charge on any atom is 0.244 e. The third kappa shape index (κ3) is 5.51. The zero-order valence-corrected chi connectivity index (χ0v) is 16.7. The molecular formula is C19H22ClFN2O3S. The number of hydrogen-bond acceptors (Lipinski definition) is 3. The first-order valence-corrected chi connectivity index (χ1v) is 10.2. The van der Waals surface area contributed by atoms with Crippen LogP contribution in [0.2, 0.25) is 5.02 Å². The molecule has 27 heavy (non-hydrogen) atoms. The third-order valence-corrected chi connectivity index (χ3v) is 6.16. The van der Waals surface area contributed by atoms with Crippen molar-refractivity contribution in [1.82, 2.24) is 4.31 Å². The lowest BCUT2D eigenvalue weighted by Crippen LogP contribution is -2.48. The van der Waals surface area contributed by atoms with E-state index >= 15 is 0 Å². The molecule has 2 N–H and O–H groups in total. The molecule has 5 nitrogen and oxygen atoms in total. The molecule has 8 heteroatoms. The molecule has 2 aromatic carbocycles. The normalized spacial score (nSPS) is 13.1. The Morgan fingerprint density at radius 3 is 2.15 bits per heavy atom. The fourth-order valence-corrected chi connectivity index (χ4v) is 4.42. The number of carbonyl (C=O) groups is 1. The maximum atomic E-state index is 13.2. The van der Waals surface area contributed by atoms with Crippen LogP contribution >= 0.6 is 11.6 Å². The number of hydrogen-bond donors (Lipinski definition) is 1. The Morgan fingerprint density at radius 2 is 1.67 bits per heavy atom. The predicted octanol–water partition coefficient (Wildman–Crippen LogP) is 3.57. The number of carbonyl (C=O) groups excluding carboxylic acids is 1. The third-order valence-electron chi connectivity index (χ3n) is 4.04. The summed E-state index contributed by atoms with van der Waals surface area (Å²) in [4.78, 5) is 12.1. The Bertz CT molecular complexity index is 884. The van der Waals surface area contributed by atoms with Gasteiger partial charge < -0.3 is 5.73 Å². The van der Waals surface area contributed by atoms with Crippen LogP contribution in [0.1, 0.15) is 25.8 Å². The number of primary amides is 1. The van der Waals surface area contributed by atoms with Gasteiger partial charge in [0.25, 0.3) is 0 Å². The number of rotatable bonds is 8. The van der Waals surface area contributed by atoms with E-state index in [1.54, 1.807) is 0 Å². The van der Waals surface area contributed by atoms with Crippen LogP contribution in [0.5, 0.6) is 0 Å². The van der Waals surface area contributed by atoms with Crippen LogP contribution in [0.15, 0.2) is 53.4 Å². The van der Waals surface area contributed by atoms with Crippen molar-refractivity contribution in [3.05, 3.63) is 64.9 Å². The predicted molar refractivity (Wildman–Crippen MR) is 103 cm³/mol. The highest BCUT2D eigenvalue weighted by atomic mass is 35.5. The highest BCUT2D eigenvalue weighted by Gasteiger charge is 2.35. The number of halogens is 2. The van der Waals surface area contributed by atoms with Gasteiger partial charge in [-0.3, -0.25) is 4.79 Å². The van der Waals surface area contributed by atoms with E-state index in [9.17, 15) is 17.6 Å². The molecule has 1 amide bonds. The van der Waals surface area contributed by atoms with E-state index in [0.717, 1.165) is 4.31 Å². The van der Waals surface area contributed by atoms with Crippen LogP contribution in [0.4, 0.5) is 4.39 Å². The van der Waals surface area contributed by atoms with Gasteiger partial charge in [-0.25, -0.2) is 12.8 Å². The van der Waals surface area contributed by atoms with Crippen molar-refractivity contribution in [2.45, 2.75) is 37.8 Å². The lowest BCUT2D eigenvalue weighted by atomic mass is 10.0. The van der Waals surface area contributed by atoms with Gasteiger partial charge in [0.1, 0.15) is 11.9 Å². The summed E-state index contributed by atoms with van der Waals surface area (Å²) in [5, 5.41) is 0.396. The van der Waals surface area contributed by atoms with Gasteiger partial charge in [-0.15, -0.1) is 0 Å². The Balaban J connectivity index is 2.51. The van der Waals surface area contributed by atoms with E-state index in [2.05, 4.69) is 0 Å². The molecule has 0 aromatic heterocycles. The smallest absolute Gasteiger partial charge is 0.244 e. The monoisotopic (exact) mass is 412 g/mol. The summed E-state index contributed by atoms with van der Waals surface area (Å²) in [6.45, 7) is 3.65. The summed E-state index contributed by atoms with van der Waals surface area (Å²) < 4.78 is 40.8. The van der Waals surface area contributed by atoms with Crippen molar-refractivity contribution < 1.29 is 17.6 Å². The van der Waals surface area contributed by atoms with Gasteiger partial charge in [-0.2, -0.15) is 4.31 Å². The summed E-state index contributed by atoms with van der Waals surface area (Å²) in [5.41, 5.74) is 6.08. The van der Waals surface area contributed by atoms with E-state index in [-0.39, 0.29) is 23.8 Å². The van der Waals surface area contributed by atoms with E-state index in [1.165, 1.54) is 48.5 Å². The molecule has 0 fully saturated rings. The molecule has 146 valence electrons. The summed E-state index contributed by atoms with van der Waals surface area (Å²) in [6, 6.07) is 10.1. The second kappa shape index (κ2) is 8.82. The quantitative estimate of drug-likeness (QED) is 0.719. The Morgan fingerprint density at radius 1 is 1.11 bits per heavy atom. The average molecular weight is 413 g/mol. The molecule has 1 atom stereocenters. The van der Waals surface area contributed by atoms with Crippen molar-refractivity contribution in [2.75, 3.05) is 0 Å². The van der Waals surface area contributed by atoms with Crippen LogP contribution in [-0.4, -0.2) is 24.7 Å². The summed E-state index contributed by atoms with van der Waals surface area (Å²) in [7, 11) is -4.04. The minimum Gasteiger partial charge on any atom is -0.368 e. The first-order chi connectivity index (χ1) is 12.6. The van der Waals surface area contributed by atoms with Crippen molar-refractivity contribution >= 4 is 27.5 Å². The zero-order chi connectivity index (χ0) is 20.2. The molecule has 0 heterocycles. The van der Waals surface area contributed by atoms with Crippen LogP contribution in [-0.2, 0) is 21.4 Å². The van der Waals surface area contributed by atoms with Crippen molar-refractivity contribution in [3.63, 3.8) is 0 Å². The molecule has 0 saturated heterocycles. The first kappa shape index (κ1) is 21.3. The second-order valence-corrected chi connectivity index (χ2v) is 9.01.